The molecule has 45 heavy (non-hydrogen) atoms. The Morgan fingerprint density at radius 2 is 1.22 bits per heavy atom. The summed E-state index contributed by atoms with van der Waals surface area (Å²) in [5.41, 5.74) is 8.31. The number of nitrogens with two attached hydrogens (primary N) is 1. The maximum atomic E-state index is 14.5. The maximum absolute atomic E-state index is 14.5. The fourth-order valence-electron chi connectivity index (χ4n) is 5.32. The number of nitrogens with one attached hydrogen (secondary N) is 2. The van der Waals surface area contributed by atoms with E-state index in [1.807, 2.05) is 30.3 Å². The molecule has 1 unspecified atom stereocenters. The molecule has 5 aromatic carbocycles. The number of benzene rings is 5. The lowest BCUT2D eigenvalue weighted by Crippen LogP contribution is -2.52. The summed E-state index contributed by atoms with van der Waals surface area (Å²) >= 11 is 0. The van der Waals surface area contributed by atoms with Crippen molar-refractivity contribution in [2.45, 2.75) is 35.9 Å². The number of carbonyl (C=O) groups is 3. The van der Waals surface area contributed by atoms with Crippen molar-refractivity contribution in [2.24, 2.45) is 5.73 Å². The van der Waals surface area contributed by atoms with Crippen LogP contribution in [0.5, 0.6) is 0 Å². The van der Waals surface area contributed by atoms with Crippen LogP contribution in [0, 0.1) is 0 Å². The average Bonchev–Trinajstić information content (AvgIpc) is 3.07. The number of hydrogen-bond acceptors (Lipinski definition) is 6. The summed E-state index contributed by atoms with van der Waals surface area (Å²) in [6.45, 7) is 0.101. The van der Waals surface area contributed by atoms with Gasteiger partial charge in [0.25, 0.3) is 5.91 Å². The molecule has 0 bridgehead atoms. The van der Waals surface area contributed by atoms with Crippen LogP contribution in [0.25, 0.3) is 10.8 Å². The predicted molar refractivity (Wildman–Crippen MR) is 174 cm³/mol. The average molecular weight is 620 g/mol. The van der Waals surface area contributed by atoms with Gasteiger partial charge in [-0.05, 0) is 34.6 Å². The smallest absolute Gasteiger partial charge is 0.289 e. The zero-order chi connectivity index (χ0) is 31.8. The van der Waals surface area contributed by atoms with Crippen LogP contribution in [0.4, 0.5) is 0 Å². The zero-order valence-corrected chi connectivity index (χ0v) is 25.2. The lowest BCUT2D eigenvalue weighted by molar-refractivity contribution is -0.139. The highest BCUT2D eigenvalue weighted by molar-refractivity contribution is 7.89. The highest BCUT2D eigenvalue weighted by Gasteiger charge is 2.40. The first-order valence-electron chi connectivity index (χ1n) is 14.5. The van der Waals surface area contributed by atoms with E-state index in [1.165, 1.54) is 6.07 Å². The number of Topliss-reactive ketones (excluding diaryl/α,β-unsaturated/α-hetero) is 2. The molecular weight excluding hydrogens is 586 g/mol. The van der Waals surface area contributed by atoms with Crippen molar-refractivity contribution in [2.75, 3.05) is 0 Å². The van der Waals surface area contributed by atoms with Crippen molar-refractivity contribution < 1.29 is 22.8 Å². The number of rotatable bonds is 13. The molecule has 0 aromatic heterocycles. The Kier molecular flexibility index (Phi) is 9.94. The summed E-state index contributed by atoms with van der Waals surface area (Å²) in [4.78, 5) is 40.8. The van der Waals surface area contributed by atoms with Gasteiger partial charge in [0.1, 0.15) is 0 Å². The highest BCUT2D eigenvalue weighted by Crippen LogP contribution is 2.27. The third-order valence-corrected chi connectivity index (χ3v) is 9.14. The number of amides is 1. The minimum absolute atomic E-state index is 0.00584. The quantitative estimate of drug-likeness (QED) is 0.168. The topological polar surface area (TPSA) is 135 Å². The van der Waals surface area contributed by atoms with Gasteiger partial charge in [-0.25, -0.2) is 13.1 Å². The summed E-state index contributed by atoms with van der Waals surface area (Å²) in [7, 11) is -4.24. The second-order valence-electron chi connectivity index (χ2n) is 10.7. The summed E-state index contributed by atoms with van der Waals surface area (Å²) in [6, 6.07) is 35.5. The van der Waals surface area contributed by atoms with E-state index in [-0.39, 0.29) is 17.9 Å². The largest absolute Gasteiger partial charge is 0.345 e. The van der Waals surface area contributed by atoms with Crippen molar-refractivity contribution in [1.29, 1.82) is 0 Å². The molecule has 0 saturated carbocycles. The minimum atomic E-state index is -4.24. The van der Waals surface area contributed by atoms with E-state index in [9.17, 15) is 22.8 Å². The molecule has 0 heterocycles. The molecule has 0 aliphatic carbocycles. The minimum Gasteiger partial charge on any atom is -0.345 e. The first-order valence-corrected chi connectivity index (χ1v) is 16.0. The normalized spacial score (nSPS) is 13.4. The Hall–Kier alpha value is -4.96. The van der Waals surface area contributed by atoms with Crippen LogP contribution in [0.2, 0.25) is 0 Å². The van der Waals surface area contributed by atoms with E-state index in [4.69, 9.17) is 5.73 Å². The number of fused-ring (bicyclic) bond motifs is 1. The standard InChI is InChI=1S/C36H33N3O5S/c37-33(35(41)36(42)38-24-26-15-6-2-7-16-26)32(28-18-8-3-9-19-28)34(40)30(23-25-13-4-1-5-14-25)39-45(43,44)31-22-12-20-27-17-10-11-21-29(27)31/h1-22,30,32-33,39H,23-24,37H2,(H,38,42)/t30-,32?,33-/m0/s1. The molecule has 9 heteroatoms. The monoisotopic (exact) mass is 619 g/mol. The van der Waals surface area contributed by atoms with Crippen LogP contribution >= 0.6 is 0 Å². The van der Waals surface area contributed by atoms with E-state index in [2.05, 4.69) is 10.0 Å². The molecule has 5 aromatic rings. The molecular formula is C36H33N3O5S. The highest BCUT2D eigenvalue weighted by atomic mass is 32.2. The van der Waals surface area contributed by atoms with E-state index in [1.54, 1.807) is 97.1 Å². The van der Waals surface area contributed by atoms with Crippen molar-refractivity contribution in [1.82, 2.24) is 10.0 Å². The van der Waals surface area contributed by atoms with Crippen LogP contribution < -0.4 is 15.8 Å². The van der Waals surface area contributed by atoms with Crippen molar-refractivity contribution in [3.63, 3.8) is 0 Å². The molecule has 228 valence electrons. The maximum Gasteiger partial charge on any atom is 0.289 e. The second-order valence-corrected chi connectivity index (χ2v) is 12.4. The molecule has 0 fully saturated rings. The van der Waals surface area contributed by atoms with E-state index >= 15 is 0 Å². The van der Waals surface area contributed by atoms with Gasteiger partial charge in [0.05, 0.1) is 22.9 Å². The first kappa shape index (κ1) is 31.5. The Morgan fingerprint density at radius 3 is 1.89 bits per heavy atom. The molecule has 3 atom stereocenters. The first-order chi connectivity index (χ1) is 21.7. The number of carbonyl (C=O) groups excluding carboxylic acids is 3. The van der Waals surface area contributed by atoms with Crippen LogP contribution in [0.15, 0.2) is 138 Å². The summed E-state index contributed by atoms with van der Waals surface area (Å²) in [5.74, 6) is -3.87. The molecule has 0 saturated heterocycles. The lowest BCUT2D eigenvalue weighted by atomic mass is 9.82. The fraction of sp³-hybridized carbons (Fsp3) is 0.139. The zero-order valence-electron chi connectivity index (χ0n) is 24.4. The Labute approximate surface area is 262 Å². The van der Waals surface area contributed by atoms with Crippen molar-refractivity contribution >= 4 is 38.3 Å². The van der Waals surface area contributed by atoms with E-state index < -0.39 is 45.5 Å². The van der Waals surface area contributed by atoms with Crippen LogP contribution in [-0.4, -0.2) is 38.0 Å². The predicted octanol–water partition coefficient (Wildman–Crippen LogP) is 4.30. The van der Waals surface area contributed by atoms with Gasteiger partial charge < -0.3 is 11.1 Å². The third kappa shape index (κ3) is 7.58. The molecule has 4 N–H and O–H groups in total. The number of hydrogen-bond donors (Lipinski definition) is 3. The van der Waals surface area contributed by atoms with Gasteiger partial charge in [0.2, 0.25) is 15.8 Å². The molecule has 8 nitrogen and oxygen atoms in total. The third-order valence-electron chi connectivity index (χ3n) is 7.61. The number of sulfonamides is 1. The molecule has 1 amide bonds. The van der Waals surface area contributed by atoms with Crippen molar-refractivity contribution in [3.05, 3.63) is 150 Å². The summed E-state index contributed by atoms with van der Waals surface area (Å²) < 4.78 is 30.5. The van der Waals surface area contributed by atoms with Crippen LogP contribution in [-0.2, 0) is 37.4 Å². The van der Waals surface area contributed by atoms with Gasteiger partial charge in [-0.15, -0.1) is 0 Å². The molecule has 0 radical (unpaired) electrons. The van der Waals surface area contributed by atoms with Crippen molar-refractivity contribution in [3.8, 4) is 0 Å². The second kappa shape index (κ2) is 14.2. The van der Waals surface area contributed by atoms with E-state index in [0.29, 0.717) is 16.5 Å². The Bertz CT molecular complexity index is 1890. The number of ketones is 2. The SMILES string of the molecule is N[C@H](C(=O)C(=O)NCc1ccccc1)C(C(=O)[C@H](Cc1ccccc1)NS(=O)(=O)c1cccc2ccccc12)c1ccccc1. The van der Waals surface area contributed by atoms with Crippen LogP contribution in [0.1, 0.15) is 22.6 Å². The van der Waals surface area contributed by atoms with E-state index in [0.717, 1.165) is 10.9 Å². The van der Waals surface area contributed by atoms with Gasteiger partial charge in [-0.2, -0.15) is 0 Å². The van der Waals surface area contributed by atoms with Gasteiger partial charge >= 0.3 is 0 Å². The molecule has 5 rings (SSSR count). The summed E-state index contributed by atoms with van der Waals surface area (Å²) in [5, 5.41) is 3.80. The molecule has 0 spiro atoms. The lowest BCUT2D eigenvalue weighted by Gasteiger charge is -2.27. The van der Waals surface area contributed by atoms with Gasteiger partial charge in [0, 0.05) is 11.9 Å². The Morgan fingerprint density at radius 1 is 0.667 bits per heavy atom. The molecule has 0 aliphatic rings. The Balaban J connectivity index is 1.49. The fourth-order valence-corrected chi connectivity index (χ4v) is 6.76. The summed E-state index contributed by atoms with van der Waals surface area (Å²) in [6.07, 6.45) is -0.00584. The van der Waals surface area contributed by atoms with Gasteiger partial charge in [0.15, 0.2) is 5.78 Å². The van der Waals surface area contributed by atoms with Crippen LogP contribution in [0.3, 0.4) is 0 Å². The molecule has 0 aliphatic heterocycles. The van der Waals surface area contributed by atoms with Gasteiger partial charge in [-0.1, -0.05) is 127 Å². The van der Waals surface area contributed by atoms with Gasteiger partial charge in [-0.3, -0.25) is 14.4 Å².